The second-order valence-corrected chi connectivity index (χ2v) is 10.5. The van der Waals surface area contributed by atoms with Crippen LogP contribution in [-0.2, 0) is 0 Å². The van der Waals surface area contributed by atoms with Crippen LogP contribution in [0.2, 0.25) is 0 Å². The number of benzene rings is 6. The van der Waals surface area contributed by atoms with Gasteiger partial charge in [0.25, 0.3) is 0 Å². The summed E-state index contributed by atoms with van der Waals surface area (Å²) >= 11 is 1.86. The molecule has 0 unspecified atom stereocenters. The van der Waals surface area contributed by atoms with Crippen molar-refractivity contribution in [3.8, 4) is 0 Å². The normalized spacial score (nSPS) is 11.8. The van der Waals surface area contributed by atoms with Crippen LogP contribution >= 0.6 is 11.3 Å². The van der Waals surface area contributed by atoms with Crippen molar-refractivity contribution in [3.05, 3.63) is 127 Å². The van der Waals surface area contributed by atoms with Crippen LogP contribution in [0.25, 0.3) is 52.9 Å². The van der Waals surface area contributed by atoms with Crippen molar-refractivity contribution < 1.29 is 4.42 Å². The van der Waals surface area contributed by atoms with Gasteiger partial charge in [-0.2, -0.15) is 0 Å². The fourth-order valence-corrected chi connectivity index (χ4v) is 6.79. The Hall–Kier alpha value is -4.60. The maximum absolute atomic E-state index is 6.48. The summed E-state index contributed by atoms with van der Waals surface area (Å²) in [5.41, 5.74) is 5.13. The predicted molar refractivity (Wildman–Crippen MR) is 159 cm³/mol. The highest BCUT2D eigenvalue weighted by Gasteiger charge is 2.18. The van der Waals surface area contributed by atoms with E-state index in [1.54, 1.807) is 0 Å². The van der Waals surface area contributed by atoms with Crippen molar-refractivity contribution in [2.75, 3.05) is 4.90 Å². The van der Waals surface area contributed by atoms with E-state index in [1.807, 2.05) is 23.5 Å². The first-order valence-electron chi connectivity index (χ1n) is 12.4. The van der Waals surface area contributed by atoms with Crippen molar-refractivity contribution in [2.24, 2.45) is 0 Å². The molecule has 2 heterocycles. The number of thiophene rings is 1. The number of fused-ring (bicyclic) bond motifs is 8. The lowest BCUT2D eigenvalue weighted by atomic mass is 10.0. The molecule has 0 radical (unpaired) electrons. The van der Waals surface area contributed by atoms with E-state index in [9.17, 15) is 0 Å². The Morgan fingerprint density at radius 3 is 1.86 bits per heavy atom. The number of para-hydroxylation sites is 2. The zero-order valence-electron chi connectivity index (χ0n) is 19.9. The van der Waals surface area contributed by atoms with Crippen molar-refractivity contribution in [1.82, 2.24) is 0 Å². The van der Waals surface area contributed by atoms with Crippen LogP contribution < -0.4 is 4.90 Å². The average Bonchev–Trinajstić information content (AvgIpc) is 3.50. The molecule has 2 nitrogen and oxygen atoms in total. The lowest BCUT2D eigenvalue weighted by molar-refractivity contribution is 0.669. The molecule has 0 saturated heterocycles. The van der Waals surface area contributed by atoms with Gasteiger partial charge in [-0.05, 0) is 71.4 Å². The van der Waals surface area contributed by atoms with Gasteiger partial charge in [0.05, 0.1) is 0 Å². The van der Waals surface area contributed by atoms with Crippen LogP contribution in [-0.4, -0.2) is 0 Å². The van der Waals surface area contributed by atoms with E-state index in [0.717, 1.165) is 33.6 Å². The molecule has 3 heteroatoms. The van der Waals surface area contributed by atoms with Gasteiger partial charge in [0.1, 0.15) is 11.2 Å². The van der Waals surface area contributed by atoms with E-state index < -0.39 is 0 Å². The van der Waals surface area contributed by atoms with Crippen molar-refractivity contribution in [2.45, 2.75) is 0 Å². The molecule has 0 N–H and O–H groups in total. The Morgan fingerprint density at radius 2 is 1.14 bits per heavy atom. The van der Waals surface area contributed by atoms with E-state index in [2.05, 4.69) is 120 Å². The quantitative estimate of drug-likeness (QED) is 0.244. The van der Waals surface area contributed by atoms with Crippen molar-refractivity contribution in [3.63, 3.8) is 0 Å². The average molecular weight is 492 g/mol. The molecule has 0 fully saturated rings. The van der Waals surface area contributed by atoms with E-state index in [1.165, 1.54) is 36.3 Å². The maximum Gasteiger partial charge on any atom is 0.137 e. The Kier molecular flexibility index (Phi) is 4.42. The van der Waals surface area contributed by atoms with Gasteiger partial charge >= 0.3 is 0 Å². The highest BCUT2D eigenvalue weighted by Crippen LogP contribution is 2.44. The molecule has 0 amide bonds. The minimum absolute atomic E-state index is 0.902. The third kappa shape index (κ3) is 3.18. The molecule has 6 aromatic carbocycles. The Morgan fingerprint density at radius 1 is 0.486 bits per heavy atom. The summed E-state index contributed by atoms with van der Waals surface area (Å²) in [6.07, 6.45) is 0. The molecule has 0 aliphatic rings. The summed E-state index contributed by atoms with van der Waals surface area (Å²) in [5.74, 6) is 0. The minimum atomic E-state index is 0.902. The highest BCUT2D eigenvalue weighted by atomic mass is 32.1. The van der Waals surface area contributed by atoms with E-state index in [0.29, 0.717) is 0 Å². The molecule has 0 bridgehead atoms. The Bertz CT molecular complexity index is 2050. The monoisotopic (exact) mass is 491 g/mol. The van der Waals surface area contributed by atoms with E-state index in [4.69, 9.17) is 4.42 Å². The molecular weight excluding hydrogens is 470 g/mol. The van der Waals surface area contributed by atoms with Gasteiger partial charge in [-0.3, -0.25) is 0 Å². The number of nitrogens with zero attached hydrogens (tertiary/aromatic N) is 1. The topological polar surface area (TPSA) is 16.4 Å². The van der Waals surface area contributed by atoms with Gasteiger partial charge < -0.3 is 9.32 Å². The van der Waals surface area contributed by atoms with Gasteiger partial charge in [-0.25, -0.2) is 0 Å². The first kappa shape index (κ1) is 20.6. The van der Waals surface area contributed by atoms with Crippen LogP contribution in [0.3, 0.4) is 0 Å². The number of anilines is 3. The first-order chi connectivity index (χ1) is 18.3. The summed E-state index contributed by atoms with van der Waals surface area (Å²) in [7, 11) is 0. The SMILES string of the molecule is c1ccc(N(c2ccccc2)c2ccc3c(c2)oc2ccc4c5cc6ccccc6cc5sc4c23)cc1. The Labute approximate surface area is 217 Å². The molecule has 37 heavy (non-hydrogen) atoms. The summed E-state index contributed by atoms with van der Waals surface area (Å²) in [6.45, 7) is 0. The minimum Gasteiger partial charge on any atom is -0.456 e. The lowest BCUT2D eigenvalue weighted by Crippen LogP contribution is -2.09. The zero-order chi connectivity index (χ0) is 24.3. The van der Waals surface area contributed by atoms with Crippen molar-refractivity contribution >= 4 is 81.3 Å². The summed E-state index contributed by atoms with van der Waals surface area (Å²) in [5, 5.41) is 7.52. The van der Waals surface area contributed by atoms with Crippen LogP contribution in [0.5, 0.6) is 0 Å². The van der Waals surface area contributed by atoms with Crippen LogP contribution in [0.4, 0.5) is 17.1 Å². The third-order valence-corrected chi connectivity index (χ3v) is 8.40. The molecule has 0 aliphatic heterocycles. The number of hydrogen-bond donors (Lipinski definition) is 0. The maximum atomic E-state index is 6.48. The highest BCUT2D eigenvalue weighted by molar-refractivity contribution is 7.26. The summed E-state index contributed by atoms with van der Waals surface area (Å²) < 4.78 is 9.08. The first-order valence-corrected chi connectivity index (χ1v) is 13.3. The number of rotatable bonds is 3. The van der Waals surface area contributed by atoms with Gasteiger partial charge in [0, 0.05) is 54.1 Å². The molecule has 0 atom stereocenters. The molecule has 174 valence electrons. The third-order valence-electron chi connectivity index (χ3n) is 7.21. The summed E-state index contributed by atoms with van der Waals surface area (Å²) in [6, 6.07) is 45.1. The second kappa shape index (κ2) is 7.95. The molecular formula is C34H21NOS. The van der Waals surface area contributed by atoms with Crippen LogP contribution in [0, 0.1) is 0 Å². The molecule has 0 spiro atoms. The fourth-order valence-electron chi connectivity index (χ4n) is 5.51. The molecule has 8 aromatic rings. The summed E-state index contributed by atoms with van der Waals surface area (Å²) in [4.78, 5) is 2.27. The van der Waals surface area contributed by atoms with E-state index >= 15 is 0 Å². The second-order valence-electron chi connectivity index (χ2n) is 9.40. The number of furan rings is 1. The zero-order valence-corrected chi connectivity index (χ0v) is 20.7. The molecule has 8 rings (SSSR count). The smallest absolute Gasteiger partial charge is 0.137 e. The standard InChI is InChI=1S/C34H21NOS/c1-3-11-24(12-4-1)35(25-13-5-2-6-14-25)26-15-16-28-31(21-26)36-30-18-17-27-29-19-22-9-7-8-10-23(22)20-32(29)37-34(27)33(28)30/h1-21H. The van der Waals surface area contributed by atoms with Crippen molar-refractivity contribution in [1.29, 1.82) is 0 Å². The van der Waals surface area contributed by atoms with Gasteiger partial charge in [-0.15, -0.1) is 11.3 Å². The largest absolute Gasteiger partial charge is 0.456 e. The lowest BCUT2D eigenvalue weighted by Gasteiger charge is -2.25. The molecule has 0 aliphatic carbocycles. The molecule has 0 saturated carbocycles. The fraction of sp³-hybridized carbons (Fsp3) is 0. The van der Waals surface area contributed by atoms with Gasteiger partial charge in [0.15, 0.2) is 0 Å². The van der Waals surface area contributed by atoms with Crippen LogP contribution in [0.15, 0.2) is 132 Å². The predicted octanol–water partition coefficient (Wildman–Crippen LogP) is 10.6. The molecule has 2 aromatic heterocycles. The number of hydrogen-bond acceptors (Lipinski definition) is 3. The van der Waals surface area contributed by atoms with E-state index in [-0.39, 0.29) is 0 Å². The van der Waals surface area contributed by atoms with Gasteiger partial charge in [0.2, 0.25) is 0 Å². The Balaban J connectivity index is 1.36. The van der Waals surface area contributed by atoms with Crippen LogP contribution in [0.1, 0.15) is 0 Å². The van der Waals surface area contributed by atoms with Gasteiger partial charge in [-0.1, -0.05) is 60.7 Å².